The number of benzene rings is 1. The normalized spacial score (nSPS) is 32.3. The Morgan fingerprint density at radius 3 is 2.35 bits per heavy atom. The van der Waals surface area contributed by atoms with Gasteiger partial charge in [0.2, 0.25) is 0 Å². The summed E-state index contributed by atoms with van der Waals surface area (Å²) in [6, 6.07) is 9.32. The molecular formula is C15H14N2O3S3. The average molecular weight is 366 g/mol. The molecule has 5 nitrogen and oxygen atoms in total. The molecular weight excluding hydrogens is 352 g/mol. The molecule has 3 aliphatic heterocycles. The Morgan fingerprint density at radius 1 is 1.13 bits per heavy atom. The quantitative estimate of drug-likeness (QED) is 0.713. The molecule has 0 aliphatic carbocycles. The SMILES string of the molecule is CC1=NN(c2ccccc2)C(=O)C1=C1S[C@H]2CS(=O)(=O)C[C@H]2S1. The van der Waals surface area contributed by atoms with Crippen molar-refractivity contribution < 1.29 is 13.2 Å². The monoisotopic (exact) mass is 366 g/mol. The summed E-state index contributed by atoms with van der Waals surface area (Å²) in [5.74, 6) is 0.282. The van der Waals surface area contributed by atoms with Crippen LogP contribution < -0.4 is 5.01 Å². The Morgan fingerprint density at radius 2 is 1.74 bits per heavy atom. The molecule has 0 N–H and O–H groups in total. The Hall–Kier alpha value is -1.25. The van der Waals surface area contributed by atoms with Gasteiger partial charge in [-0.05, 0) is 19.1 Å². The minimum absolute atomic E-state index is 0.0545. The van der Waals surface area contributed by atoms with Crippen LogP contribution in [-0.4, -0.2) is 42.0 Å². The lowest BCUT2D eigenvalue weighted by atomic mass is 10.2. The molecule has 2 fully saturated rings. The van der Waals surface area contributed by atoms with Gasteiger partial charge in [0.1, 0.15) is 0 Å². The third kappa shape index (κ3) is 2.62. The lowest BCUT2D eigenvalue weighted by molar-refractivity contribution is -0.114. The number of thioether (sulfide) groups is 2. The van der Waals surface area contributed by atoms with Gasteiger partial charge in [-0.1, -0.05) is 18.2 Å². The first kappa shape index (κ1) is 15.3. The molecule has 2 atom stereocenters. The van der Waals surface area contributed by atoms with Gasteiger partial charge in [0.25, 0.3) is 5.91 Å². The van der Waals surface area contributed by atoms with Crippen molar-refractivity contribution in [2.24, 2.45) is 5.10 Å². The van der Waals surface area contributed by atoms with Crippen LogP contribution in [0, 0.1) is 0 Å². The number of nitrogens with zero attached hydrogens (tertiary/aromatic N) is 2. The van der Waals surface area contributed by atoms with Gasteiger partial charge in [0, 0.05) is 10.5 Å². The van der Waals surface area contributed by atoms with Crippen LogP contribution in [0.4, 0.5) is 5.69 Å². The molecule has 0 unspecified atom stereocenters. The van der Waals surface area contributed by atoms with Crippen molar-refractivity contribution >= 4 is 50.7 Å². The summed E-state index contributed by atoms with van der Waals surface area (Å²) in [7, 11) is -2.92. The van der Waals surface area contributed by atoms with Gasteiger partial charge >= 0.3 is 0 Å². The second kappa shape index (κ2) is 5.39. The lowest BCUT2D eigenvalue weighted by Crippen LogP contribution is -2.21. The van der Waals surface area contributed by atoms with E-state index in [9.17, 15) is 13.2 Å². The van der Waals surface area contributed by atoms with E-state index < -0.39 is 9.84 Å². The zero-order chi connectivity index (χ0) is 16.2. The number of sulfone groups is 1. The summed E-state index contributed by atoms with van der Waals surface area (Å²) < 4.78 is 24.3. The van der Waals surface area contributed by atoms with E-state index >= 15 is 0 Å². The summed E-state index contributed by atoms with van der Waals surface area (Å²) in [4.78, 5) is 12.8. The van der Waals surface area contributed by atoms with E-state index in [4.69, 9.17) is 0 Å². The number of hydrazone groups is 1. The van der Waals surface area contributed by atoms with Gasteiger partial charge in [-0.3, -0.25) is 4.79 Å². The van der Waals surface area contributed by atoms with Gasteiger partial charge in [-0.15, -0.1) is 23.5 Å². The predicted molar refractivity (Wildman–Crippen MR) is 95.5 cm³/mol. The fourth-order valence-corrected chi connectivity index (χ4v) is 9.59. The Labute approximate surface area is 143 Å². The first-order chi connectivity index (χ1) is 10.9. The van der Waals surface area contributed by atoms with Crippen LogP contribution in [0.25, 0.3) is 0 Å². The molecule has 1 aromatic carbocycles. The van der Waals surface area contributed by atoms with Crippen LogP contribution in [0.15, 0.2) is 45.2 Å². The summed E-state index contributed by atoms with van der Waals surface area (Å²) in [6.45, 7) is 1.83. The van der Waals surface area contributed by atoms with Crippen LogP contribution in [0.2, 0.25) is 0 Å². The Balaban J connectivity index is 1.64. The number of hydrogen-bond acceptors (Lipinski definition) is 6. The standard InChI is InChI=1S/C15H14N2O3S3/c1-9-13(14(18)17(16-9)10-5-3-2-4-6-10)15-21-11-7-23(19,20)8-12(11)22-15/h2-6,11-12H,7-8H2,1H3/t11-,12+. The molecule has 3 heterocycles. The second-order valence-electron chi connectivity index (χ2n) is 5.69. The number of fused-ring (bicyclic) bond motifs is 1. The van der Waals surface area contributed by atoms with Crippen LogP contribution >= 0.6 is 23.5 Å². The fourth-order valence-electron chi connectivity index (χ4n) is 2.91. The number of rotatable bonds is 1. The maximum absolute atomic E-state index is 12.8. The third-order valence-corrected chi connectivity index (χ3v) is 9.33. The van der Waals surface area contributed by atoms with Crippen molar-refractivity contribution in [1.82, 2.24) is 0 Å². The Kier molecular flexibility index (Phi) is 3.58. The van der Waals surface area contributed by atoms with Crippen molar-refractivity contribution in [2.75, 3.05) is 16.5 Å². The molecule has 0 spiro atoms. The van der Waals surface area contributed by atoms with Crippen LogP contribution in [-0.2, 0) is 14.6 Å². The maximum Gasteiger partial charge on any atom is 0.282 e. The van der Waals surface area contributed by atoms with Crippen molar-refractivity contribution in [3.8, 4) is 0 Å². The molecule has 0 aromatic heterocycles. The maximum atomic E-state index is 12.8. The number of anilines is 1. The molecule has 23 heavy (non-hydrogen) atoms. The number of hydrogen-bond donors (Lipinski definition) is 0. The van der Waals surface area contributed by atoms with E-state index in [1.54, 1.807) is 0 Å². The number of carbonyl (C=O) groups excluding carboxylic acids is 1. The van der Waals surface area contributed by atoms with Gasteiger partial charge in [-0.2, -0.15) is 10.1 Å². The molecule has 0 radical (unpaired) electrons. The second-order valence-corrected chi connectivity index (χ2v) is 10.6. The third-order valence-electron chi connectivity index (χ3n) is 3.99. The van der Waals surface area contributed by atoms with E-state index in [2.05, 4.69) is 5.10 Å². The predicted octanol–water partition coefficient (Wildman–Crippen LogP) is 2.27. The van der Waals surface area contributed by atoms with Crippen LogP contribution in [0.1, 0.15) is 6.92 Å². The minimum atomic E-state index is -2.92. The highest BCUT2D eigenvalue weighted by atomic mass is 32.2. The van der Waals surface area contributed by atoms with E-state index in [-0.39, 0.29) is 27.9 Å². The highest BCUT2D eigenvalue weighted by molar-refractivity contribution is 8.27. The molecule has 0 saturated carbocycles. The first-order valence-electron chi connectivity index (χ1n) is 7.18. The van der Waals surface area contributed by atoms with Crippen LogP contribution in [0.5, 0.6) is 0 Å². The van der Waals surface area contributed by atoms with Crippen LogP contribution in [0.3, 0.4) is 0 Å². The van der Waals surface area contributed by atoms with Gasteiger partial charge < -0.3 is 0 Å². The minimum Gasteiger partial charge on any atom is -0.267 e. The van der Waals surface area contributed by atoms with E-state index in [1.165, 1.54) is 28.5 Å². The topological polar surface area (TPSA) is 66.8 Å². The smallest absolute Gasteiger partial charge is 0.267 e. The summed E-state index contributed by atoms with van der Waals surface area (Å²) in [6.07, 6.45) is 0. The van der Waals surface area contributed by atoms with Gasteiger partial charge in [-0.25, -0.2) is 8.42 Å². The largest absolute Gasteiger partial charge is 0.282 e. The van der Waals surface area contributed by atoms with Crippen molar-refractivity contribution in [1.29, 1.82) is 0 Å². The van der Waals surface area contributed by atoms with Crippen molar-refractivity contribution in [3.63, 3.8) is 0 Å². The molecule has 1 amide bonds. The number of amides is 1. The Bertz CT molecular complexity index is 824. The molecule has 8 heteroatoms. The van der Waals surface area contributed by atoms with E-state index in [0.717, 1.165) is 9.92 Å². The highest BCUT2D eigenvalue weighted by Gasteiger charge is 2.46. The first-order valence-corrected chi connectivity index (χ1v) is 10.8. The lowest BCUT2D eigenvalue weighted by Gasteiger charge is -2.11. The van der Waals surface area contributed by atoms with Crippen molar-refractivity contribution in [3.05, 3.63) is 40.1 Å². The molecule has 2 saturated heterocycles. The zero-order valence-corrected chi connectivity index (χ0v) is 14.7. The van der Waals surface area contributed by atoms with Gasteiger partial charge in [0.15, 0.2) is 9.84 Å². The number of para-hydroxylation sites is 1. The fraction of sp³-hybridized carbons (Fsp3) is 0.333. The number of carbonyl (C=O) groups is 1. The molecule has 3 aliphatic rings. The molecule has 4 rings (SSSR count). The zero-order valence-electron chi connectivity index (χ0n) is 12.3. The van der Waals surface area contributed by atoms with Gasteiger partial charge in [0.05, 0.1) is 32.7 Å². The summed E-state index contributed by atoms with van der Waals surface area (Å²) in [5.41, 5.74) is 2.05. The molecule has 1 aromatic rings. The molecule has 120 valence electrons. The highest BCUT2D eigenvalue weighted by Crippen LogP contribution is 2.53. The average Bonchev–Trinajstić information content (AvgIpc) is 3.08. The van der Waals surface area contributed by atoms with Crippen molar-refractivity contribution in [2.45, 2.75) is 17.4 Å². The van der Waals surface area contributed by atoms with E-state index in [0.29, 0.717) is 11.3 Å². The summed E-state index contributed by atoms with van der Waals surface area (Å²) in [5, 5.41) is 5.92. The summed E-state index contributed by atoms with van der Waals surface area (Å²) >= 11 is 3.04. The van der Waals surface area contributed by atoms with E-state index in [1.807, 2.05) is 37.3 Å². The molecule has 0 bridgehead atoms.